The number of amides is 1. The van der Waals surface area contributed by atoms with Gasteiger partial charge in [-0.1, -0.05) is 24.3 Å². The average molecular weight is 505 g/mol. The Labute approximate surface area is 201 Å². The van der Waals surface area contributed by atoms with Crippen LogP contribution in [0.4, 0.5) is 22.7 Å². The van der Waals surface area contributed by atoms with E-state index in [1.807, 2.05) is 18.2 Å². The van der Waals surface area contributed by atoms with Crippen LogP contribution in [0.25, 0.3) is 10.8 Å². The second-order valence-corrected chi connectivity index (χ2v) is 9.00. The van der Waals surface area contributed by atoms with E-state index in [4.69, 9.17) is 11.5 Å². The summed E-state index contributed by atoms with van der Waals surface area (Å²) in [5.74, 6) is -1.26. The molecule has 0 spiro atoms. The van der Waals surface area contributed by atoms with Gasteiger partial charge in [0.15, 0.2) is 5.13 Å². The number of nitrogens with zero attached hydrogens (tertiary/aromatic N) is 3. The van der Waals surface area contributed by atoms with Gasteiger partial charge in [-0.3, -0.25) is 9.78 Å². The fourth-order valence-electron chi connectivity index (χ4n) is 3.50. The molecule has 182 valence electrons. The van der Waals surface area contributed by atoms with Gasteiger partial charge in [-0.25, -0.2) is 9.97 Å². The van der Waals surface area contributed by atoms with Crippen molar-refractivity contribution in [3.05, 3.63) is 82.1 Å². The lowest BCUT2D eigenvalue weighted by Crippen LogP contribution is -2.31. The predicted octanol–water partition coefficient (Wildman–Crippen LogP) is 3.92. The highest BCUT2D eigenvalue weighted by Crippen LogP contribution is 2.28. The van der Waals surface area contributed by atoms with Gasteiger partial charge < -0.3 is 16.8 Å². The van der Waals surface area contributed by atoms with E-state index in [1.54, 1.807) is 0 Å². The van der Waals surface area contributed by atoms with Crippen molar-refractivity contribution in [2.75, 3.05) is 11.9 Å². The van der Waals surface area contributed by atoms with Crippen molar-refractivity contribution >= 4 is 33.1 Å². The SMILES string of the molecule is NC(=O)c1nc(NCC(N)Cc2ccc(C(F)(F)F)nc2)sc1Cc1ccc2cnc(F)cc2c1. The number of anilines is 1. The van der Waals surface area contributed by atoms with Gasteiger partial charge in [-0.2, -0.15) is 17.6 Å². The van der Waals surface area contributed by atoms with E-state index in [0.717, 1.165) is 23.2 Å². The van der Waals surface area contributed by atoms with Crippen LogP contribution < -0.4 is 16.8 Å². The lowest BCUT2D eigenvalue weighted by molar-refractivity contribution is -0.141. The van der Waals surface area contributed by atoms with Gasteiger partial charge in [0.1, 0.15) is 11.4 Å². The minimum absolute atomic E-state index is 0.124. The van der Waals surface area contributed by atoms with E-state index in [9.17, 15) is 22.4 Å². The quantitative estimate of drug-likeness (QED) is 0.247. The highest BCUT2D eigenvalue weighted by atomic mass is 32.1. The monoisotopic (exact) mass is 504 g/mol. The molecule has 1 atom stereocenters. The van der Waals surface area contributed by atoms with Crippen LogP contribution in [0.2, 0.25) is 0 Å². The molecule has 0 fully saturated rings. The summed E-state index contributed by atoms with van der Waals surface area (Å²) in [6, 6.07) is 8.63. The molecule has 3 heterocycles. The Morgan fingerprint density at radius 2 is 1.83 bits per heavy atom. The number of primary amides is 1. The van der Waals surface area contributed by atoms with E-state index < -0.39 is 29.8 Å². The highest BCUT2D eigenvalue weighted by molar-refractivity contribution is 7.15. The molecule has 5 N–H and O–H groups in total. The third-order valence-electron chi connectivity index (χ3n) is 5.18. The number of pyridine rings is 2. The van der Waals surface area contributed by atoms with Gasteiger partial charge in [0, 0.05) is 47.7 Å². The molecule has 0 saturated carbocycles. The standard InChI is InChI=1S/C23H20F4N6OS/c24-19-8-15-5-12(1-3-14(15)10-31-19)7-17-20(21(29)34)33-22(35-17)32-11-16(28)6-13-2-4-18(30-9-13)23(25,26)27/h1-5,8-10,16H,6-7,11,28H2,(H2,29,34)(H,32,33). The van der Waals surface area contributed by atoms with Gasteiger partial charge in [0.2, 0.25) is 5.95 Å². The van der Waals surface area contributed by atoms with Crippen molar-refractivity contribution in [1.82, 2.24) is 15.0 Å². The molecule has 1 unspecified atom stereocenters. The smallest absolute Gasteiger partial charge is 0.364 e. The number of benzene rings is 1. The second-order valence-electron chi connectivity index (χ2n) is 7.91. The van der Waals surface area contributed by atoms with Crippen LogP contribution in [-0.2, 0) is 19.0 Å². The summed E-state index contributed by atoms with van der Waals surface area (Å²) in [7, 11) is 0. The zero-order valence-electron chi connectivity index (χ0n) is 18.1. The number of hydrogen-bond acceptors (Lipinski definition) is 7. The Bertz CT molecular complexity index is 1360. The number of aromatic nitrogens is 3. The number of nitrogens with one attached hydrogen (secondary N) is 1. The van der Waals surface area contributed by atoms with Gasteiger partial charge in [-0.15, -0.1) is 11.3 Å². The highest BCUT2D eigenvalue weighted by Gasteiger charge is 2.32. The van der Waals surface area contributed by atoms with Gasteiger partial charge in [0.05, 0.1) is 0 Å². The maximum absolute atomic E-state index is 13.5. The molecular weight excluding hydrogens is 484 g/mol. The van der Waals surface area contributed by atoms with Crippen molar-refractivity contribution < 1.29 is 22.4 Å². The van der Waals surface area contributed by atoms with Crippen LogP contribution >= 0.6 is 11.3 Å². The number of halogens is 4. The number of thiazole rings is 1. The normalized spacial score (nSPS) is 12.6. The first-order valence-electron chi connectivity index (χ1n) is 10.4. The molecule has 0 aliphatic carbocycles. The molecule has 0 aliphatic heterocycles. The number of rotatable bonds is 8. The molecule has 1 amide bonds. The van der Waals surface area contributed by atoms with Crippen molar-refractivity contribution in [2.24, 2.45) is 11.5 Å². The maximum Gasteiger partial charge on any atom is 0.433 e. The Balaban J connectivity index is 1.42. The fourth-order valence-corrected chi connectivity index (χ4v) is 4.51. The van der Waals surface area contributed by atoms with Crippen molar-refractivity contribution in [2.45, 2.75) is 25.1 Å². The number of hydrogen-bond donors (Lipinski definition) is 3. The predicted molar refractivity (Wildman–Crippen MR) is 125 cm³/mol. The van der Waals surface area contributed by atoms with Crippen LogP contribution in [0.5, 0.6) is 0 Å². The first-order chi connectivity index (χ1) is 16.6. The Hall–Kier alpha value is -3.64. The van der Waals surface area contributed by atoms with Crippen LogP contribution in [0.1, 0.15) is 32.2 Å². The fraction of sp³-hybridized carbons (Fsp3) is 0.217. The number of nitrogens with two attached hydrogens (primary N) is 2. The lowest BCUT2D eigenvalue weighted by atomic mass is 10.1. The van der Waals surface area contributed by atoms with Crippen LogP contribution in [0.15, 0.2) is 48.8 Å². The van der Waals surface area contributed by atoms with Gasteiger partial charge in [0.25, 0.3) is 5.91 Å². The molecule has 4 aromatic rings. The minimum atomic E-state index is -4.50. The molecule has 0 aliphatic rings. The molecule has 3 aromatic heterocycles. The van der Waals surface area contributed by atoms with Gasteiger partial charge in [-0.05, 0) is 29.0 Å². The number of carbonyl (C=O) groups is 1. The summed E-state index contributed by atoms with van der Waals surface area (Å²) >= 11 is 1.24. The molecule has 4 rings (SSSR count). The maximum atomic E-state index is 13.5. The Morgan fingerprint density at radius 1 is 1.06 bits per heavy atom. The minimum Gasteiger partial charge on any atom is -0.364 e. The van der Waals surface area contributed by atoms with E-state index in [-0.39, 0.29) is 12.2 Å². The molecule has 0 saturated heterocycles. The summed E-state index contributed by atoms with van der Waals surface area (Å²) in [6.07, 6.45) is -1.24. The average Bonchev–Trinajstić information content (AvgIpc) is 3.20. The second kappa shape index (κ2) is 9.92. The number of fused-ring (bicyclic) bond motifs is 1. The topological polar surface area (TPSA) is 120 Å². The third kappa shape index (κ3) is 6.08. The van der Waals surface area contributed by atoms with Crippen LogP contribution in [0, 0.1) is 5.95 Å². The summed E-state index contributed by atoms with van der Waals surface area (Å²) in [4.78, 5) is 23.9. The molecule has 0 bridgehead atoms. The molecular formula is C23H20F4N6OS. The number of alkyl halides is 3. The van der Waals surface area contributed by atoms with E-state index in [2.05, 4.69) is 20.3 Å². The molecule has 7 nitrogen and oxygen atoms in total. The van der Waals surface area contributed by atoms with E-state index in [0.29, 0.717) is 33.8 Å². The lowest BCUT2D eigenvalue weighted by Gasteiger charge is -2.12. The summed E-state index contributed by atoms with van der Waals surface area (Å²) < 4.78 is 51.4. The third-order valence-corrected chi connectivity index (χ3v) is 6.19. The van der Waals surface area contributed by atoms with E-state index in [1.165, 1.54) is 29.7 Å². The zero-order chi connectivity index (χ0) is 25.2. The molecule has 1 aromatic carbocycles. The molecule has 35 heavy (non-hydrogen) atoms. The molecule has 12 heteroatoms. The molecule has 0 radical (unpaired) electrons. The largest absolute Gasteiger partial charge is 0.433 e. The summed E-state index contributed by atoms with van der Waals surface area (Å²) in [6.45, 7) is 0.258. The zero-order valence-corrected chi connectivity index (χ0v) is 19.0. The Morgan fingerprint density at radius 3 is 2.51 bits per heavy atom. The van der Waals surface area contributed by atoms with E-state index >= 15 is 0 Å². The first kappa shape index (κ1) is 24.5. The van der Waals surface area contributed by atoms with Gasteiger partial charge >= 0.3 is 6.18 Å². The van der Waals surface area contributed by atoms with Crippen molar-refractivity contribution in [1.29, 1.82) is 0 Å². The summed E-state index contributed by atoms with van der Waals surface area (Å²) in [5.41, 5.74) is 12.2. The van der Waals surface area contributed by atoms with Crippen LogP contribution in [0.3, 0.4) is 0 Å². The van der Waals surface area contributed by atoms with Crippen molar-refractivity contribution in [3.8, 4) is 0 Å². The van der Waals surface area contributed by atoms with Crippen molar-refractivity contribution in [3.63, 3.8) is 0 Å². The first-order valence-corrected chi connectivity index (χ1v) is 11.3. The van der Waals surface area contributed by atoms with Crippen LogP contribution in [-0.4, -0.2) is 33.4 Å². The summed E-state index contributed by atoms with van der Waals surface area (Å²) in [5, 5.41) is 4.96. The number of carbonyl (C=O) groups excluding carboxylic acids is 1. The Kier molecular flexibility index (Phi) is 6.94.